The molecule has 5 heteroatoms. The van der Waals surface area contributed by atoms with Crippen LogP contribution in [0.2, 0.25) is 0 Å². The highest BCUT2D eigenvalue weighted by atomic mass is 16.5. The highest BCUT2D eigenvalue weighted by Gasteiger charge is 2.22. The van der Waals surface area contributed by atoms with E-state index in [1.807, 2.05) is 72.8 Å². The summed E-state index contributed by atoms with van der Waals surface area (Å²) in [5, 5.41) is 11.8. The third kappa shape index (κ3) is 4.28. The Bertz CT molecular complexity index is 1560. The zero-order chi connectivity index (χ0) is 24.4. The smallest absolute Gasteiger partial charge is 0.336 e. The van der Waals surface area contributed by atoms with Gasteiger partial charge in [-0.1, -0.05) is 36.4 Å². The molecule has 5 rings (SSSR count). The number of carboxylic acid groups (broad SMARTS) is 1. The standard InChI is InChI=1S/C30H25NO4/c1-3-31(4-2)20-14-16-25-28(18-20)35-27-17-15-22(34-21-10-6-5-7-11-21)19-26(27)29(25)23-12-8-9-13-24(23)30(32)33/h5-19H,3-4H2,1-2H3/p+1. The summed E-state index contributed by atoms with van der Waals surface area (Å²) < 4.78 is 14.7. The van der Waals surface area contributed by atoms with Gasteiger partial charge in [-0.25, -0.2) is 9.37 Å². The second kappa shape index (κ2) is 9.47. The summed E-state index contributed by atoms with van der Waals surface area (Å²) >= 11 is 0. The molecule has 3 aromatic rings. The summed E-state index contributed by atoms with van der Waals surface area (Å²) in [6, 6.07) is 28.4. The Morgan fingerprint density at radius 3 is 2.31 bits per heavy atom. The molecule has 174 valence electrons. The maximum absolute atomic E-state index is 12.1. The van der Waals surface area contributed by atoms with E-state index in [2.05, 4.69) is 24.5 Å². The van der Waals surface area contributed by atoms with Crippen molar-refractivity contribution >= 4 is 16.9 Å². The SMILES string of the molecule is CC[N+](CC)=c1ccc2c(-c3ccccc3C(=O)O)c3cc(Oc4ccccc4)ccc3oc-2c1. The van der Waals surface area contributed by atoms with Gasteiger partial charge in [-0.05, 0) is 61.9 Å². The Kier molecular flexibility index (Phi) is 6.06. The molecule has 0 spiro atoms. The molecule has 1 N–H and O–H groups in total. The van der Waals surface area contributed by atoms with Crippen molar-refractivity contribution in [3.05, 3.63) is 102 Å². The second-order valence-corrected chi connectivity index (χ2v) is 8.25. The van der Waals surface area contributed by atoms with Crippen LogP contribution in [0.3, 0.4) is 0 Å². The maximum atomic E-state index is 12.1. The lowest BCUT2D eigenvalue weighted by Crippen LogP contribution is -2.29. The topological polar surface area (TPSA) is 62.7 Å². The van der Waals surface area contributed by atoms with Gasteiger partial charge in [-0.3, -0.25) is 0 Å². The van der Waals surface area contributed by atoms with Gasteiger partial charge >= 0.3 is 5.97 Å². The van der Waals surface area contributed by atoms with Crippen molar-refractivity contribution in [3.8, 4) is 33.9 Å². The quantitative estimate of drug-likeness (QED) is 0.230. The van der Waals surface area contributed by atoms with E-state index < -0.39 is 5.97 Å². The van der Waals surface area contributed by atoms with Crippen LogP contribution in [0.1, 0.15) is 24.2 Å². The average molecular weight is 465 g/mol. The minimum Gasteiger partial charge on any atom is -0.478 e. The molecule has 1 aliphatic heterocycles. The molecule has 35 heavy (non-hydrogen) atoms. The van der Waals surface area contributed by atoms with E-state index in [1.165, 1.54) is 0 Å². The molecule has 0 amide bonds. The molecule has 0 fully saturated rings. The van der Waals surface area contributed by atoms with Gasteiger partial charge in [0.15, 0.2) is 0 Å². The monoisotopic (exact) mass is 464 g/mol. The number of rotatable bonds is 6. The van der Waals surface area contributed by atoms with Crippen LogP contribution in [0, 0.1) is 0 Å². The van der Waals surface area contributed by atoms with E-state index in [0.717, 1.165) is 40.7 Å². The number of fused-ring (bicyclic) bond motifs is 2. The van der Waals surface area contributed by atoms with E-state index in [1.54, 1.807) is 12.1 Å². The molecule has 5 nitrogen and oxygen atoms in total. The minimum absolute atomic E-state index is 0.239. The van der Waals surface area contributed by atoms with E-state index in [-0.39, 0.29) is 5.56 Å². The van der Waals surface area contributed by atoms with Gasteiger partial charge < -0.3 is 14.3 Å². The number of aromatic carboxylic acids is 1. The predicted molar refractivity (Wildman–Crippen MR) is 138 cm³/mol. The first-order valence-corrected chi connectivity index (χ1v) is 11.7. The molecule has 3 aromatic carbocycles. The molecule has 2 aliphatic rings. The third-order valence-corrected chi connectivity index (χ3v) is 6.21. The molecule has 0 unspecified atom stereocenters. The Balaban J connectivity index is 1.83. The Hall–Kier alpha value is -4.38. The first-order valence-electron chi connectivity index (χ1n) is 11.7. The number of hydrogen-bond acceptors (Lipinski definition) is 3. The fourth-order valence-corrected chi connectivity index (χ4v) is 4.51. The summed E-state index contributed by atoms with van der Waals surface area (Å²) in [5.41, 5.74) is 3.19. The first-order chi connectivity index (χ1) is 17.1. The van der Waals surface area contributed by atoms with Crippen LogP contribution >= 0.6 is 0 Å². The Morgan fingerprint density at radius 2 is 1.57 bits per heavy atom. The molecular weight excluding hydrogens is 438 g/mol. The lowest BCUT2D eigenvalue weighted by atomic mass is 9.90. The molecule has 0 radical (unpaired) electrons. The first kappa shape index (κ1) is 22.4. The number of carboxylic acids is 1. The lowest BCUT2D eigenvalue weighted by Gasteiger charge is -2.17. The summed E-state index contributed by atoms with van der Waals surface area (Å²) in [5.74, 6) is 1.10. The van der Waals surface area contributed by atoms with Crippen LogP contribution in [-0.2, 0) is 0 Å². The number of nitrogens with zero attached hydrogens (tertiary/aromatic N) is 1. The summed E-state index contributed by atoms with van der Waals surface area (Å²) in [6.45, 7) is 6.00. The maximum Gasteiger partial charge on any atom is 0.336 e. The summed E-state index contributed by atoms with van der Waals surface area (Å²) in [4.78, 5) is 12.1. The number of carbonyl (C=O) groups is 1. The van der Waals surface area contributed by atoms with E-state index in [0.29, 0.717) is 22.7 Å². The lowest BCUT2D eigenvalue weighted by molar-refractivity contribution is 0.0697. The van der Waals surface area contributed by atoms with Gasteiger partial charge in [0.25, 0.3) is 0 Å². The molecule has 0 bridgehead atoms. The van der Waals surface area contributed by atoms with E-state index in [9.17, 15) is 9.90 Å². The Labute approximate surface area is 203 Å². The van der Waals surface area contributed by atoms with Gasteiger partial charge in [0.05, 0.1) is 11.6 Å². The third-order valence-electron chi connectivity index (χ3n) is 6.21. The van der Waals surface area contributed by atoms with Gasteiger partial charge in [0.1, 0.15) is 35.9 Å². The number of hydrogen-bond donors (Lipinski definition) is 1. The number of ether oxygens (including phenoxy) is 1. The fraction of sp³-hybridized carbons (Fsp3) is 0.133. The van der Waals surface area contributed by atoms with Crippen LogP contribution in [0.15, 0.2) is 95.4 Å². The summed E-state index contributed by atoms with van der Waals surface area (Å²) in [6.07, 6.45) is 0. The molecular formula is C30H26NO4+. The minimum atomic E-state index is -0.973. The van der Waals surface area contributed by atoms with Crippen molar-refractivity contribution in [2.75, 3.05) is 13.1 Å². The molecule has 0 aromatic heterocycles. The second-order valence-electron chi connectivity index (χ2n) is 8.25. The van der Waals surface area contributed by atoms with Crippen molar-refractivity contribution in [2.24, 2.45) is 0 Å². The van der Waals surface area contributed by atoms with E-state index >= 15 is 0 Å². The number of benzene rings is 4. The van der Waals surface area contributed by atoms with Crippen molar-refractivity contribution in [1.82, 2.24) is 4.58 Å². The van der Waals surface area contributed by atoms with Crippen molar-refractivity contribution in [3.63, 3.8) is 0 Å². The highest BCUT2D eigenvalue weighted by molar-refractivity contribution is 6.07. The van der Waals surface area contributed by atoms with Gasteiger partial charge in [0.2, 0.25) is 5.36 Å². The average Bonchev–Trinajstić information content (AvgIpc) is 2.88. The highest BCUT2D eigenvalue weighted by Crippen LogP contribution is 2.42. The molecule has 0 saturated heterocycles. The molecule has 0 saturated carbocycles. The van der Waals surface area contributed by atoms with E-state index in [4.69, 9.17) is 9.15 Å². The van der Waals surface area contributed by atoms with Gasteiger partial charge in [0, 0.05) is 22.6 Å². The molecule has 1 aliphatic carbocycles. The fourth-order valence-electron chi connectivity index (χ4n) is 4.51. The predicted octanol–water partition coefficient (Wildman–Crippen LogP) is 6.51. The molecule has 1 heterocycles. The van der Waals surface area contributed by atoms with Crippen LogP contribution in [-0.4, -0.2) is 24.2 Å². The van der Waals surface area contributed by atoms with Gasteiger partial charge in [-0.15, -0.1) is 0 Å². The zero-order valence-corrected chi connectivity index (χ0v) is 19.7. The van der Waals surface area contributed by atoms with Crippen molar-refractivity contribution in [1.29, 1.82) is 0 Å². The van der Waals surface area contributed by atoms with Gasteiger partial charge in [-0.2, -0.15) is 0 Å². The zero-order valence-electron chi connectivity index (χ0n) is 19.7. The van der Waals surface area contributed by atoms with Crippen LogP contribution in [0.4, 0.5) is 0 Å². The van der Waals surface area contributed by atoms with Crippen molar-refractivity contribution in [2.45, 2.75) is 13.8 Å². The number of para-hydroxylation sites is 1. The van der Waals surface area contributed by atoms with Crippen molar-refractivity contribution < 1.29 is 19.1 Å². The van der Waals surface area contributed by atoms with Crippen LogP contribution < -0.4 is 14.7 Å². The Morgan fingerprint density at radius 1 is 0.829 bits per heavy atom. The largest absolute Gasteiger partial charge is 0.478 e. The summed E-state index contributed by atoms with van der Waals surface area (Å²) in [7, 11) is 0. The molecule has 0 atom stereocenters. The van der Waals surface area contributed by atoms with Crippen LogP contribution in [0.25, 0.3) is 33.4 Å². The normalized spacial score (nSPS) is 11.0. The van der Waals surface area contributed by atoms with Crippen LogP contribution in [0.5, 0.6) is 11.5 Å².